The van der Waals surface area contributed by atoms with Crippen molar-refractivity contribution in [3.63, 3.8) is 0 Å². The minimum atomic E-state index is -3.25. The van der Waals surface area contributed by atoms with Gasteiger partial charge in [-0.05, 0) is 12.1 Å². The molecule has 0 unspecified atom stereocenters. The van der Waals surface area contributed by atoms with Crippen LogP contribution in [-0.4, -0.2) is 8.42 Å². The summed E-state index contributed by atoms with van der Waals surface area (Å²) in [4.78, 5) is 0.259. The zero-order valence-electron chi connectivity index (χ0n) is 5.32. The molecule has 0 saturated carbocycles. The number of benzene rings is 1. The Kier molecular flexibility index (Phi) is 1.76. The van der Waals surface area contributed by atoms with E-state index in [1.54, 1.807) is 18.2 Å². The first-order valence-corrected chi connectivity index (χ1v) is 4.39. The van der Waals surface area contributed by atoms with Crippen molar-refractivity contribution in [2.75, 3.05) is 0 Å². The molecular weight excluding hydrogens is 148 g/mol. The molecular formula is C7H7O2S. The summed E-state index contributed by atoms with van der Waals surface area (Å²) in [7, 11) is -3.25. The minimum Gasteiger partial charge on any atom is -0.224 e. The van der Waals surface area contributed by atoms with Crippen molar-refractivity contribution in [3.8, 4) is 0 Å². The Morgan fingerprint density at radius 1 is 1.10 bits per heavy atom. The van der Waals surface area contributed by atoms with Gasteiger partial charge < -0.3 is 0 Å². The lowest BCUT2D eigenvalue weighted by molar-refractivity contribution is 0.604. The summed E-state index contributed by atoms with van der Waals surface area (Å²) < 4.78 is 21.4. The molecule has 3 heteroatoms. The molecule has 0 aliphatic carbocycles. The third-order valence-corrected chi connectivity index (χ3v) is 2.09. The number of hydrogen-bond acceptors (Lipinski definition) is 2. The van der Waals surface area contributed by atoms with Crippen LogP contribution in [0.1, 0.15) is 0 Å². The lowest BCUT2D eigenvalue weighted by atomic mass is 10.4. The van der Waals surface area contributed by atoms with Crippen LogP contribution in [0.3, 0.4) is 0 Å². The van der Waals surface area contributed by atoms with Crippen LogP contribution in [0.15, 0.2) is 35.2 Å². The molecule has 0 aliphatic rings. The van der Waals surface area contributed by atoms with Gasteiger partial charge in [0.05, 0.1) is 11.2 Å². The standard InChI is InChI=1S/C7H7O2S/c1-10(8,9)7-5-3-2-4-6-7/h2-6H,1H2. The average Bonchev–Trinajstić information content (AvgIpc) is 1.88. The average molecular weight is 155 g/mol. The van der Waals surface area contributed by atoms with E-state index in [0.717, 1.165) is 0 Å². The summed E-state index contributed by atoms with van der Waals surface area (Å²) >= 11 is 0. The van der Waals surface area contributed by atoms with Gasteiger partial charge in [0.15, 0.2) is 9.84 Å². The Bertz CT molecular complexity index is 300. The van der Waals surface area contributed by atoms with Gasteiger partial charge in [0, 0.05) is 0 Å². The van der Waals surface area contributed by atoms with Crippen LogP contribution in [-0.2, 0) is 9.84 Å². The fourth-order valence-corrected chi connectivity index (χ4v) is 1.20. The van der Waals surface area contributed by atoms with Crippen molar-refractivity contribution in [1.82, 2.24) is 0 Å². The van der Waals surface area contributed by atoms with Crippen molar-refractivity contribution >= 4 is 9.84 Å². The molecule has 1 radical (unpaired) electrons. The van der Waals surface area contributed by atoms with E-state index in [-0.39, 0.29) is 4.90 Å². The Balaban J connectivity index is 3.22. The van der Waals surface area contributed by atoms with E-state index >= 15 is 0 Å². The van der Waals surface area contributed by atoms with E-state index in [0.29, 0.717) is 0 Å². The van der Waals surface area contributed by atoms with Gasteiger partial charge in [-0.1, -0.05) is 18.2 Å². The molecule has 0 atom stereocenters. The molecule has 0 spiro atoms. The highest BCUT2D eigenvalue weighted by Gasteiger charge is 2.03. The third-order valence-electron chi connectivity index (χ3n) is 1.10. The summed E-state index contributed by atoms with van der Waals surface area (Å²) in [5, 5.41) is 0. The van der Waals surface area contributed by atoms with E-state index in [9.17, 15) is 8.42 Å². The molecule has 53 valence electrons. The summed E-state index contributed by atoms with van der Waals surface area (Å²) in [6.07, 6.45) is 3.01. The highest BCUT2D eigenvalue weighted by Crippen LogP contribution is 2.06. The summed E-state index contributed by atoms with van der Waals surface area (Å²) in [5.74, 6) is 0. The molecule has 1 aromatic rings. The number of sulfone groups is 1. The zero-order valence-corrected chi connectivity index (χ0v) is 6.14. The van der Waals surface area contributed by atoms with Crippen LogP contribution in [0.25, 0.3) is 0 Å². The van der Waals surface area contributed by atoms with E-state index in [2.05, 4.69) is 6.26 Å². The van der Waals surface area contributed by atoms with Gasteiger partial charge in [0.25, 0.3) is 0 Å². The Labute approximate surface area is 60.4 Å². The van der Waals surface area contributed by atoms with E-state index in [1.807, 2.05) is 0 Å². The van der Waals surface area contributed by atoms with E-state index < -0.39 is 9.84 Å². The second-order valence-corrected chi connectivity index (χ2v) is 3.63. The molecule has 0 saturated heterocycles. The van der Waals surface area contributed by atoms with Crippen molar-refractivity contribution in [3.05, 3.63) is 36.6 Å². The Morgan fingerprint density at radius 3 is 1.90 bits per heavy atom. The maximum atomic E-state index is 10.7. The molecule has 0 fully saturated rings. The van der Waals surface area contributed by atoms with Crippen LogP contribution in [0.4, 0.5) is 0 Å². The fraction of sp³-hybridized carbons (Fsp3) is 0. The first-order chi connectivity index (χ1) is 4.61. The molecule has 0 N–H and O–H groups in total. The van der Waals surface area contributed by atoms with E-state index in [4.69, 9.17) is 0 Å². The summed E-state index contributed by atoms with van der Waals surface area (Å²) in [6.45, 7) is 0. The monoisotopic (exact) mass is 155 g/mol. The third kappa shape index (κ3) is 1.57. The van der Waals surface area contributed by atoms with Gasteiger partial charge in [0.1, 0.15) is 0 Å². The van der Waals surface area contributed by atoms with Crippen LogP contribution in [0, 0.1) is 6.26 Å². The van der Waals surface area contributed by atoms with Gasteiger partial charge in [0.2, 0.25) is 0 Å². The lowest BCUT2D eigenvalue weighted by Gasteiger charge is -1.93. The zero-order chi connectivity index (χ0) is 7.61. The predicted octanol–water partition coefficient (Wildman–Crippen LogP) is 1.25. The van der Waals surface area contributed by atoms with Gasteiger partial charge in [-0.15, -0.1) is 0 Å². The van der Waals surface area contributed by atoms with Crippen LogP contribution < -0.4 is 0 Å². The van der Waals surface area contributed by atoms with Crippen molar-refractivity contribution < 1.29 is 8.42 Å². The van der Waals surface area contributed by atoms with Gasteiger partial charge in [-0.2, -0.15) is 0 Å². The molecule has 0 amide bonds. The van der Waals surface area contributed by atoms with Gasteiger partial charge in [-0.25, -0.2) is 8.42 Å². The normalized spacial score (nSPS) is 11.3. The van der Waals surface area contributed by atoms with Crippen molar-refractivity contribution in [2.24, 2.45) is 0 Å². The van der Waals surface area contributed by atoms with Crippen LogP contribution in [0.2, 0.25) is 0 Å². The maximum absolute atomic E-state index is 10.7. The Morgan fingerprint density at radius 2 is 1.60 bits per heavy atom. The smallest absolute Gasteiger partial charge is 0.179 e. The Hall–Kier alpha value is -0.830. The second kappa shape index (κ2) is 2.42. The molecule has 1 rings (SSSR count). The van der Waals surface area contributed by atoms with Crippen LogP contribution >= 0.6 is 0 Å². The van der Waals surface area contributed by atoms with Crippen molar-refractivity contribution in [1.29, 1.82) is 0 Å². The molecule has 0 heterocycles. The molecule has 0 aliphatic heterocycles. The second-order valence-electron chi connectivity index (χ2n) is 1.93. The topological polar surface area (TPSA) is 34.1 Å². The molecule has 10 heavy (non-hydrogen) atoms. The predicted molar refractivity (Wildman–Crippen MR) is 39.0 cm³/mol. The maximum Gasteiger partial charge on any atom is 0.179 e. The molecule has 0 bridgehead atoms. The minimum absolute atomic E-state index is 0.259. The SMILES string of the molecule is [CH2]S(=O)(=O)c1ccccc1. The first kappa shape index (κ1) is 7.28. The highest BCUT2D eigenvalue weighted by molar-refractivity contribution is 7.92. The molecule has 0 aromatic heterocycles. The summed E-state index contributed by atoms with van der Waals surface area (Å²) in [5.41, 5.74) is 0. The molecule has 2 nitrogen and oxygen atoms in total. The van der Waals surface area contributed by atoms with Crippen LogP contribution in [0.5, 0.6) is 0 Å². The molecule has 1 aromatic carbocycles. The van der Waals surface area contributed by atoms with Gasteiger partial charge in [-0.3, -0.25) is 0 Å². The first-order valence-electron chi connectivity index (χ1n) is 2.74. The van der Waals surface area contributed by atoms with Crippen molar-refractivity contribution in [2.45, 2.75) is 4.90 Å². The van der Waals surface area contributed by atoms with Gasteiger partial charge >= 0.3 is 0 Å². The lowest BCUT2D eigenvalue weighted by Crippen LogP contribution is -1.92. The fourth-order valence-electron chi connectivity index (χ4n) is 0.628. The summed E-state index contributed by atoms with van der Waals surface area (Å²) in [6, 6.07) is 8.12. The number of rotatable bonds is 1. The highest BCUT2D eigenvalue weighted by atomic mass is 32.2. The van der Waals surface area contributed by atoms with E-state index in [1.165, 1.54) is 12.1 Å². The quantitative estimate of drug-likeness (QED) is 0.611. The largest absolute Gasteiger partial charge is 0.224 e. The number of hydrogen-bond donors (Lipinski definition) is 0.